The summed E-state index contributed by atoms with van der Waals surface area (Å²) in [5.41, 5.74) is 3.29. The predicted molar refractivity (Wildman–Crippen MR) is 109 cm³/mol. The summed E-state index contributed by atoms with van der Waals surface area (Å²) < 4.78 is 2.24. The highest BCUT2D eigenvalue weighted by Crippen LogP contribution is 2.30. The predicted octanol–water partition coefficient (Wildman–Crippen LogP) is 5.55. The molecule has 0 amide bonds. The first kappa shape index (κ1) is 14.8. The van der Waals surface area contributed by atoms with Gasteiger partial charge in [-0.2, -0.15) is 0 Å². The minimum absolute atomic E-state index is 1.00. The van der Waals surface area contributed by atoms with Gasteiger partial charge in [-0.1, -0.05) is 48.5 Å². The molecule has 0 aliphatic carbocycles. The molecule has 0 aliphatic rings. The topological polar surface area (TPSA) is 30.7 Å². The van der Waals surface area contributed by atoms with Crippen molar-refractivity contribution in [3.05, 3.63) is 85.3 Å². The van der Waals surface area contributed by atoms with Crippen molar-refractivity contribution in [2.24, 2.45) is 7.05 Å². The first-order valence-corrected chi connectivity index (χ1v) is 8.66. The largest absolute Gasteiger partial charge is 0.344 e. The van der Waals surface area contributed by atoms with Gasteiger partial charge in [0.1, 0.15) is 0 Å². The zero-order valence-electron chi connectivity index (χ0n) is 14.4. The molecule has 0 atom stereocenters. The molecule has 2 aromatic carbocycles. The second kappa shape index (κ2) is 5.81. The maximum atomic E-state index is 4.76. The highest BCUT2D eigenvalue weighted by molar-refractivity contribution is 6.17. The van der Waals surface area contributed by atoms with Crippen LogP contribution in [0.25, 0.3) is 43.5 Å². The third-order valence-corrected chi connectivity index (χ3v) is 5.00. The number of nitrogens with zero attached hydrogens (tertiary/aromatic N) is 3. The zero-order valence-corrected chi connectivity index (χ0v) is 14.4. The van der Waals surface area contributed by atoms with Crippen LogP contribution in [-0.2, 0) is 7.05 Å². The van der Waals surface area contributed by atoms with E-state index < -0.39 is 0 Å². The van der Waals surface area contributed by atoms with Crippen LogP contribution in [0.3, 0.4) is 0 Å². The summed E-state index contributed by atoms with van der Waals surface area (Å²) in [5, 5.41) is 5.71. The monoisotopic (exact) mass is 335 g/mol. The van der Waals surface area contributed by atoms with Crippen LogP contribution in [0.5, 0.6) is 0 Å². The van der Waals surface area contributed by atoms with Gasteiger partial charge < -0.3 is 4.57 Å². The molecule has 0 saturated carbocycles. The highest BCUT2D eigenvalue weighted by atomic mass is 14.9. The van der Waals surface area contributed by atoms with Crippen LogP contribution in [0.15, 0.2) is 85.3 Å². The van der Waals surface area contributed by atoms with Gasteiger partial charge in [0, 0.05) is 52.7 Å². The Kier molecular flexibility index (Phi) is 3.32. The Balaban J connectivity index is 2.31. The third kappa shape index (κ3) is 2.14. The minimum Gasteiger partial charge on any atom is -0.344 e. The molecule has 3 nitrogen and oxygen atoms in total. The average molecular weight is 335 g/mol. The fourth-order valence-electron chi connectivity index (χ4n) is 3.77. The Hall–Kier alpha value is -3.46. The third-order valence-electron chi connectivity index (χ3n) is 5.00. The number of fused-ring (bicyclic) bond motifs is 7. The standard InChI is InChI=1S/C23H17N3/c1-26-21-11-5-4-8-17(21)19-10-6-13-25-23(19)18-9-3-2-7-16(18)20-15-24-14-12-22(20)26/h2-15H,1H3. The van der Waals surface area contributed by atoms with Crippen molar-refractivity contribution < 1.29 is 0 Å². The van der Waals surface area contributed by atoms with Gasteiger partial charge in [-0.15, -0.1) is 0 Å². The van der Waals surface area contributed by atoms with Crippen molar-refractivity contribution in [3.63, 3.8) is 0 Å². The molecule has 0 unspecified atom stereocenters. The fraction of sp³-hybridized carbons (Fsp3) is 0.0435. The lowest BCUT2D eigenvalue weighted by molar-refractivity contribution is 1.01. The second-order valence-corrected chi connectivity index (χ2v) is 6.41. The maximum Gasteiger partial charge on any atom is 0.0787 e. The molecule has 0 bridgehead atoms. The van der Waals surface area contributed by atoms with Crippen molar-refractivity contribution >= 4 is 43.5 Å². The Morgan fingerprint density at radius 2 is 1.27 bits per heavy atom. The number of pyridine rings is 2. The molecule has 124 valence electrons. The highest BCUT2D eigenvalue weighted by Gasteiger charge is 2.07. The lowest BCUT2D eigenvalue weighted by Gasteiger charge is -2.06. The van der Waals surface area contributed by atoms with E-state index in [1.807, 2.05) is 24.7 Å². The van der Waals surface area contributed by atoms with E-state index in [0.717, 1.165) is 38.1 Å². The van der Waals surface area contributed by atoms with Crippen LogP contribution < -0.4 is 0 Å². The Bertz CT molecular complexity index is 1240. The summed E-state index contributed by atoms with van der Waals surface area (Å²) in [6, 6.07) is 23.2. The number of aromatic nitrogens is 3. The van der Waals surface area contributed by atoms with Crippen molar-refractivity contribution in [1.82, 2.24) is 14.5 Å². The summed E-state index contributed by atoms with van der Waals surface area (Å²) in [4.78, 5) is 9.16. The molecule has 5 rings (SSSR count). The molecule has 0 saturated heterocycles. The van der Waals surface area contributed by atoms with Gasteiger partial charge in [-0.3, -0.25) is 9.97 Å². The van der Waals surface area contributed by atoms with E-state index in [0.29, 0.717) is 0 Å². The summed E-state index contributed by atoms with van der Waals surface area (Å²) >= 11 is 0. The summed E-state index contributed by atoms with van der Waals surface area (Å²) in [6.07, 6.45) is 5.66. The van der Waals surface area contributed by atoms with Gasteiger partial charge in [0.05, 0.1) is 11.0 Å². The lowest BCUT2D eigenvalue weighted by Crippen LogP contribution is -1.92. The van der Waals surface area contributed by atoms with E-state index in [-0.39, 0.29) is 0 Å². The molecule has 26 heavy (non-hydrogen) atoms. The molecule has 3 heteroatoms. The number of hydrogen-bond donors (Lipinski definition) is 0. The molecule has 0 aliphatic heterocycles. The number of hydrogen-bond acceptors (Lipinski definition) is 2. The Morgan fingerprint density at radius 1 is 0.615 bits per heavy atom. The van der Waals surface area contributed by atoms with Gasteiger partial charge in [0.25, 0.3) is 0 Å². The van der Waals surface area contributed by atoms with Crippen LogP contribution in [0.2, 0.25) is 0 Å². The second-order valence-electron chi connectivity index (χ2n) is 6.41. The average Bonchev–Trinajstić information content (AvgIpc) is 2.76. The molecular formula is C23H17N3. The zero-order chi connectivity index (χ0) is 17.5. The van der Waals surface area contributed by atoms with E-state index in [2.05, 4.69) is 77.3 Å². The summed E-state index contributed by atoms with van der Waals surface area (Å²) in [5.74, 6) is 0. The van der Waals surface area contributed by atoms with E-state index in [1.54, 1.807) is 0 Å². The Labute approximate surface area is 150 Å². The summed E-state index contributed by atoms with van der Waals surface area (Å²) in [6.45, 7) is 0. The number of rotatable bonds is 0. The maximum absolute atomic E-state index is 4.76. The molecule has 0 fully saturated rings. The molecule has 3 aromatic heterocycles. The first-order chi connectivity index (χ1) is 12.8. The lowest BCUT2D eigenvalue weighted by atomic mass is 10.1. The van der Waals surface area contributed by atoms with Crippen LogP contribution in [0.4, 0.5) is 0 Å². The Morgan fingerprint density at radius 3 is 2.15 bits per heavy atom. The van der Waals surface area contributed by atoms with Crippen LogP contribution in [0, 0.1) is 0 Å². The normalized spacial score (nSPS) is 11.3. The fourth-order valence-corrected chi connectivity index (χ4v) is 3.77. The van der Waals surface area contributed by atoms with Crippen LogP contribution in [0.1, 0.15) is 0 Å². The smallest absolute Gasteiger partial charge is 0.0787 e. The van der Waals surface area contributed by atoms with Gasteiger partial charge in [0.2, 0.25) is 0 Å². The van der Waals surface area contributed by atoms with E-state index >= 15 is 0 Å². The van der Waals surface area contributed by atoms with Crippen LogP contribution in [-0.4, -0.2) is 14.5 Å². The van der Waals surface area contributed by atoms with E-state index in [1.165, 1.54) is 5.39 Å². The molecule has 0 spiro atoms. The quantitative estimate of drug-likeness (QED) is 0.371. The minimum atomic E-state index is 1.00. The van der Waals surface area contributed by atoms with E-state index in [4.69, 9.17) is 4.98 Å². The number of aryl methyl sites for hydroxylation is 1. The van der Waals surface area contributed by atoms with Crippen LogP contribution >= 0.6 is 0 Å². The van der Waals surface area contributed by atoms with Gasteiger partial charge >= 0.3 is 0 Å². The van der Waals surface area contributed by atoms with Crippen molar-refractivity contribution in [2.45, 2.75) is 0 Å². The SMILES string of the molecule is Cn1c2ccncc2c2ccccc2c2ncccc2c2ccccc21. The molecule has 0 N–H and O–H groups in total. The van der Waals surface area contributed by atoms with Crippen molar-refractivity contribution in [2.75, 3.05) is 0 Å². The molecule has 5 aromatic rings. The number of para-hydroxylation sites is 1. The van der Waals surface area contributed by atoms with Crippen molar-refractivity contribution in [1.29, 1.82) is 0 Å². The molecular weight excluding hydrogens is 318 g/mol. The number of benzene rings is 2. The van der Waals surface area contributed by atoms with Gasteiger partial charge in [-0.05, 0) is 23.6 Å². The van der Waals surface area contributed by atoms with Gasteiger partial charge in [-0.25, -0.2) is 0 Å². The van der Waals surface area contributed by atoms with Gasteiger partial charge in [0.15, 0.2) is 0 Å². The molecule has 0 radical (unpaired) electrons. The first-order valence-electron chi connectivity index (χ1n) is 8.66. The van der Waals surface area contributed by atoms with Crippen molar-refractivity contribution in [3.8, 4) is 0 Å². The molecule has 3 heterocycles. The van der Waals surface area contributed by atoms with E-state index in [9.17, 15) is 0 Å². The summed E-state index contributed by atoms with van der Waals surface area (Å²) in [7, 11) is 2.11.